The molecule has 1 aromatic heterocycles. The van der Waals surface area contributed by atoms with Crippen LogP contribution in [0.3, 0.4) is 0 Å². The first-order valence-electron chi connectivity index (χ1n) is 6.69. The molecule has 1 aliphatic rings. The van der Waals surface area contributed by atoms with Crippen LogP contribution in [0.15, 0.2) is 18.2 Å². The molecule has 0 fully saturated rings. The molecule has 0 unspecified atom stereocenters. The lowest BCUT2D eigenvalue weighted by atomic mass is 10.0. The van der Waals surface area contributed by atoms with Crippen molar-refractivity contribution in [3.63, 3.8) is 0 Å². The molecule has 0 amide bonds. The highest BCUT2D eigenvalue weighted by Crippen LogP contribution is 2.31. The Morgan fingerprint density at radius 1 is 1.38 bits per heavy atom. The Kier molecular flexibility index (Phi) is 3.43. The molecule has 1 aromatic carbocycles. The Morgan fingerprint density at radius 2 is 2.19 bits per heavy atom. The molecule has 4 nitrogen and oxygen atoms in total. The fraction of sp³-hybridized carbons (Fsp3) is 0.333. The van der Waals surface area contributed by atoms with E-state index in [1.54, 1.807) is 4.68 Å². The van der Waals surface area contributed by atoms with E-state index in [-0.39, 0.29) is 12.1 Å². The third kappa shape index (κ3) is 2.41. The Labute approximate surface area is 121 Å². The first-order valence-corrected chi connectivity index (χ1v) is 6.69. The summed E-state index contributed by atoms with van der Waals surface area (Å²) in [5.74, 6) is -1.24. The van der Waals surface area contributed by atoms with E-state index in [1.165, 1.54) is 12.1 Å². The minimum absolute atomic E-state index is 0.134. The Balaban J connectivity index is 2.16. The van der Waals surface area contributed by atoms with Crippen LogP contribution in [-0.4, -0.2) is 28.3 Å². The predicted octanol–water partition coefficient (Wildman–Crippen LogP) is 2.34. The van der Waals surface area contributed by atoms with Crippen LogP contribution in [0, 0.1) is 23.0 Å². The summed E-state index contributed by atoms with van der Waals surface area (Å²) in [6, 6.07) is 5.55. The van der Waals surface area contributed by atoms with Crippen molar-refractivity contribution >= 4 is 0 Å². The van der Waals surface area contributed by atoms with E-state index in [9.17, 15) is 8.78 Å². The summed E-state index contributed by atoms with van der Waals surface area (Å²) in [4.78, 5) is 2.12. The Morgan fingerprint density at radius 3 is 2.90 bits per heavy atom. The summed E-state index contributed by atoms with van der Waals surface area (Å²) in [5.41, 5.74) is 2.67. The van der Waals surface area contributed by atoms with Crippen molar-refractivity contribution in [2.24, 2.45) is 0 Å². The van der Waals surface area contributed by atoms with Gasteiger partial charge in [-0.2, -0.15) is 10.4 Å². The summed E-state index contributed by atoms with van der Waals surface area (Å²) in [7, 11) is 1.98. The third-order valence-corrected chi connectivity index (χ3v) is 3.73. The number of nitriles is 1. The number of likely N-dealkylation sites (N-methyl/N-ethyl adjacent to an activating group) is 1. The SMILES string of the molecule is CN1CCc2c(c(-c3ccc(F)cc3F)nn2CC#N)C1. The van der Waals surface area contributed by atoms with E-state index >= 15 is 0 Å². The number of fused-ring (bicyclic) bond motifs is 1. The molecule has 21 heavy (non-hydrogen) atoms. The largest absolute Gasteiger partial charge is 0.302 e. The highest BCUT2D eigenvalue weighted by Gasteiger charge is 2.25. The standard InChI is InChI=1S/C15H14F2N4/c1-20-6-4-14-12(9-20)15(19-21(14)7-5-18)11-3-2-10(16)8-13(11)17/h2-3,8H,4,6-7,9H2,1H3. The van der Waals surface area contributed by atoms with Gasteiger partial charge in [-0.1, -0.05) is 0 Å². The van der Waals surface area contributed by atoms with Gasteiger partial charge in [-0.05, 0) is 19.2 Å². The molecule has 2 aromatic rings. The first kappa shape index (κ1) is 13.7. The molecule has 6 heteroatoms. The van der Waals surface area contributed by atoms with Crippen molar-refractivity contribution in [3.05, 3.63) is 41.1 Å². The number of aromatic nitrogens is 2. The van der Waals surface area contributed by atoms with Gasteiger partial charge in [0.25, 0.3) is 0 Å². The highest BCUT2D eigenvalue weighted by atomic mass is 19.1. The quantitative estimate of drug-likeness (QED) is 0.852. The van der Waals surface area contributed by atoms with E-state index in [0.29, 0.717) is 12.2 Å². The minimum Gasteiger partial charge on any atom is -0.302 e. The van der Waals surface area contributed by atoms with Crippen molar-refractivity contribution in [1.29, 1.82) is 5.26 Å². The molecule has 0 atom stereocenters. The Bertz CT molecular complexity index is 730. The molecule has 0 saturated carbocycles. The molecule has 1 aliphatic heterocycles. The number of benzene rings is 1. The number of nitrogens with zero attached hydrogens (tertiary/aromatic N) is 4. The molecule has 2 heterocycles. The van der Waals surface area contributed by atoms with Gasteiger partial charge in [0.2, 0.25) is 0 Å². The van der Waals surface area contributed by atoms with Crippen molar-refractivity contribution in [3.8, 4) is 17.3 Å². The van der Waals surface area contributed by atoms with Crippen LogP contribution in [0.4, 0.5) is 8.78 Å². The zero-order chi connectivity index (χ0) is 15.0. The van der Waals surface area contributed by atoms with Crippen LogP contribution >= 0.6 is 0 Å². The van der Waals surface area contributed by atoms with Crippen LogP contribution in [0.1, 0.15) is 11.3 Å². The third-order valence-electron chi connectivity index (χ3n) is 3.73. The van der Waals surface area contributed by atoms with Gasteiger partial charge in [-0.15, -0.1) is 0 Å². The highest BCUT2D eigenvalue weighted by molar-refractivity contribution is 5.65. The monoisotopic (exact) mass is 288 g/mol. The minimum atomic E-state index is -0.632. The number of hydrogen-bond donors (Lipinski definition) is 0. The van der Waals surface area contributed by atoms with Gasteiger partial charge in [0.1, 0.15) is 23.9 Å². The molecule has 0 spiro atoms. The normalized spacial score (nSPS) is 14.8. The second kappa shape index (κ2) is 5.26. The van der Waals surface area contributed by atoms with Crippen LogP contribution in [0.5, 0.6) is 0 Å². The van der Waals surface area contributed by atoms with E-state index in [1.807, 2.05) is 7.05 Å². The van der Waals surface area contributed by atoms with E-state index in [0.717, 1.165) is 30.3 Å². The van der Waals surface area contributed by atoms with Gasteiger partial charge >= 0.3 is 0 Å². The second-order valence-corrected chi connectivity index (χ2v) is 5.20. The summed E-state index contributed by atoms with van der Waals surface area (Å²) in [5, 5.41) is 13.3. The predicted molar refractivity (Wildman–Crippen MR) is 73.2 cm³/mol. The molecule has 0 N–H and O–H groups in total. The lowest BCUT2D eigenvalue weighted by molar-refractivity contribution is 0.308. The van der Waals surface area contributed by atoms with Crippen LogP contribution in [0.25, 0.3) is 11.3 Å². The number of rotatable bonds is 2. The average molecular weight is 288 g/mol. The molecule has 108 valence electrons. The molecule has 0 bridgehead atoms. The molecular weight excluding hydrogens is 274 g/mol. The number of halogens is 2. The first-order chi connectivity index (χ1) is 10.1. The van der Waals surface area contributed by atoms with Gasteiger partial charge in [0, 0.05) is 42.4 Å². The van der Waals surface area contributed by atoms with Crippen LogP contribution in [0.2, 0.25) is 0 Å². The van der Waals surface area contributed by atoms with Crippen molar-refractivity contribution in [2.45, 2.75) is 19.5 Å². The molecular formula is C15H14F2N4. The fourth-order valence-electron chi connectivity index (χ4n) is 2.72. The van der Waals surface area contributed by atoms with Gasteiger partial charge in [-0.25, -0.2) is 8.78 Å². The maximum Gasteiger partial charge on any atom is 0.135 e. The zero-order valence-corrected chi connectivity index (χ0v) is 11.6. The van der Waals surface area contributed by atoms with E-state index in [2.05, 4.69) is 16.1 Å². The second-order valence-electron chi connectivity index (χ2n) is 5.20. The summed E-state index contributed by atoms with van der Waals surface area (Å²) < 4.78 is 28.7. The van der Waals surface area contributed by atoms with Gasteiger partial charge < -0.3 is 4.90 Å². The topological polar surface area (TPSA) is 44.9 Å². The van der Waals surface area contributed by atoms with E-state index in [4.69, 9.17) is 5.26 Å². The summed E-state index contributed by atoms with van der Waals surface area (Å²) >= 11 is 0. The molecule has 0 radical (unpaired) electrons. The fourth-order valence-corrected chi connectivity index (χ4v) is 2.72. The summed E-state index contributed by atoms with van der Waals surface area (Å²) in [6.45, 7) is 1.65. The van der Waals surface area contributed by atoms with E-state index < -0.39 is 11.6 Å². The van der Waals surface area contributed by atoms with Gasteiger partial charge in [0.05, 0.1) is 6.07 Å². The maximum absolute atomic E-state index is 14.0. The van der Waals surface area contributed by atoms with Crippen molar-refractivity contribution < 1.29 is 8.78 Å². The van der Waals surface area contributed by atoms with Crippen molar-refractivity contribution in [1.82, 2.24) is 14.7 Å². The lowest BCUT2D eigenvalue weighted by Crippen LogP contribution is -2.27. The Hall–Kier alpha value is -2.26. The van der Waals surface area contributed by atoms with Crippen LogP contribution < -0.4 is 0 Å². The van der Waals surface area contributed by atoms with Gasteiger partial charge in [-0.3, -0.25) is 4.68 Å². The van der Waals surface area contributed by atoms with Crippen LogP contribution in [-0.2, 0) is 19.5 Å². The average Bonchev–Trinajstić information content (AvgIpc) is 2.77. The number of hydrogen-bond acceptors (Lipinski definition) is 3. The maximum atomic E-state index is 14.0. The zero-order valence-electron chi connectivity index (χ0n) is 11.6. The lowest BCUT2D eigenvalue weighted by Gasteiger charge is -2.23. The van der Waals surface area contributed by atoms with Gasteiger partial charge in [0.15, 0.2) is 0 Å². The summed E-state index contributed by atoms with van der Waals surface area (Å²) in [6.07, 6.45) is 0.767. The molecule has 0 aliphatic carbocycles. The van der Waals surface area contributed by atoms with Crippen molar-refractivity contribution in [2.75, 3.05) is 13.6 Å². The molecule has 0 saturated heterocycles. The smallest absolute Gasteiger partial charge is 0.135 e. The molecule has 3 rings (SSSR count).